The van der Waals surface area contributed by atoms with Crippen LogP contribution in [0, 0.1) is 0 Å². The van der Waals surface area contributed by atoms with Crippen LogP contribution in [0.2, 0.25) is 0 Å². The molecule has 0 saturated carbocycles. The van der Waals surface area contributed by atoms with Crippen LogP contribution in [0.3, 0.4) is 0 Å². The Balaban J connectivity index is 1.54. The molecule has 2 aromatic carbocycles. The molecule has 1 amide bonds. The monoisotopic (exact) mass is 579 g/mol. The molecule has 0 spiro atoms. The molecule has 0 aliphatic carbocycles. The maximum atomic E-state index is 13.0. The number of anilines is 1. The van der Waals surface area contributed by atoms with Crippen molar-refractivity contribution in [2.45, 2.75) is 39.2 Å². The van der Waals surface area contributed by atoms with Crippen LogP contribution in [-0.4, -0.2) is 64.0 Å². The number of carbonyl (C=O) groups excluding carboxylic acids is 2. The summed E-state index contributed by atoms with van der Waals surface area (Å²) in [5, 5.41) is 16.4. The Bertz CT molecular complexity index is 1820. The molecule has 3 heterocycles. The molecule has 3 aromatic heterocycles. The number of carboxylic acid groups (broad SMARTS) is 1. The highest BCUT2D eigenvalue weighted by Crippen LogP contribution is 2.30. The molecule has 0 saturated heterocycles. The summed E-state index contributed by atoms with van der Waals surface area (Å²) in [7, 11) is 6.04. The van der Waals surface area contributed by atoms with Crippen molar-refractivity contribution in [2.24, 2.45) is 0 Å². The molecule has 0 aliphatic heterocycles. The average Bonchev–Trinajstić information content (AvgIpc) is 3.61. The summed E-state index contributed by atoms with van der Waals surface area (Å²) >= 11 is 0. The molecule has 11 nitrogen and oxygen atoms in total. The van der Waals surface area contributed by atoms with Gasteiger partial charge in [0.15, 0.2) is 5.78 Å². The van der Waals surface area contributed by atoms with Gasteiger partial charge in [0.05, 0.1) is 23.7 Å². The smallest absolute Gasteiger partial charge is 0.407 e. The Morgan fingerprint density at radius 2 is 1.84 bits per heavy atom. The van der Waals surface area contributed by atoms with Crippen LogP contribution in [0.15, 0.2) is 65.4 Å². The highest BCUT2D eigenvalue weighted by molar-refractivity contribution is 6.33. The molecule has 0 aliphatic rings. The summed E-state index contributed by atoms with van der Waals surface area (Å²) in [6, 6.07) is 14.5. The van der Waals surface area contributed by atoms with Gasteiger partial charge in [-0.1, -0.05) is 17.6 Å². The second kappa shape index (κ2) is 12.0. The number of nitrogens with one attached hydrogen (secondary N) is 2. The number of carboxylic acids is 1. The Kier molecular flexibility index (Phi) is 8.20. The standard InChI is InChI=1S/C31H30BN5O6/c1-31(2,3)43-30(41)34-13-12-33-28-21-15-18(26-5-4-14-42-26)6-8-23(21)35-29(36-28)37-17-22(25(38)10-11-27(39)40)20-16-19(32)7-9-24(20)37/h4-9,14-17H,10-13H2,1-3H3,(H,34,41)(H,39,40)(H,33,35,36). The van der Waals surface area contributed by atoms with E-state index in [0.29, 0.717) is 51.0 Å². The summed E-state index contributed by atoms with van der Waals surface area (Å²) in [6.07, 6.45) is 2.24. The molecular weight excluding hydrogens is 549 g/mol. The van der Waals surface area contributed by atoms with Gasteiger partial charge in [-0.05, 0) is 57.2 Å². The molecule has 5 aromatic rings. The first kappa shape index (κ1) is 29.4. The summed E-state index contributed by atoms with van der Waals surface area (Å²) in [5.74, 6) is 0.0813. The Hall–Kier alpha value is -5.13. The summed E-state index contributed by atoms with van der Waals surface area (Å²) in [4.78, 5) is 45.9. The zero-order valence-corrected chi connectivity index (χ0v) is 24.0. The van der Waals surface area contributed by atoms with E-state index in [1.54, 1.807) is 62.1 Å². The highest BCUT2D eigenvalue weighted by atomic mass is 16.6. The van der Waals surface area contributed by atoms with Gasteiger partial charge in [-0.15, -0.1) is 0 Å². The van der Waals surface area contributed by atoms with Gasteiger partial charge < -0.3 is 24.9 Å². The number of carbonyl (C=O) groups is 3. The first-order valence-corrected chi connectivity index (χ1v) is 13.7. The minimum absolute atomic E-state index is 0.158. The van der Waals surface area contributed by atoms with Gasteiger partial charge in [0, 0.05) is 47.6 Å². The van der Waals surface area contributed by atoms with E-state index in [-0.39, 0.29) is 31.1 Å². The lowest BCUT2D eigenvalue weighted by Crippen LogP contribution is -2.35. The van der Waals surface area contributed by atoms with Gasteiger partial charge in [0.2, 0.25) is 5.95 Å². The van der Waals surface area contributed by atoms with Crippen LogP contribution in [0.5, 0.6) is 0 Å². The number of hydrogen-bond acceptors (Lipinski definition) is 8. The van der Waals surface area contributed by atoms with Crippen LogP contribution < -0.4 is 16.1 Å². The van der Waals surface area contributed by atoms with Crippen LogP contribution in [-0.2, 0) is 9.53 Å². The number of fused-ring (bicyclic) bond motifs is 2. The van der Waals surface area contributed by atoms with Gasteiger partial charge in [0.25, 0.3) is 0 Å². The minimum Gasteiger partial charge on any atom is -0.481 e. The number of nitrogens with zero attached hydrogens (tertiary/aromatic N) is 3. The number of rotatable bonds is 10. The molecule has 0 fully saturated rings. The van der Waals surface area contributed by atoms with Crippen molar-refractivity contribution < 1.29 is 28.6 Å². The van der Waals surface area contributed by atoms with Gasteiger partial charge >= 0.3 is 12.1 Å². The van der Waals surface area contributed by atoms with E-state index in [2.05, 4.69) is 10.6 Å². The maximum absolute atomic E-state index is 13.0. The van der Waals surface area contributed by atoms with E-state index >= 15 is 0 Å². The number of hydrogen-bond donors (Lipinski definition) is 3. The van der Waals surface area contributed by atoms with Crippen molar-refractivity contribution in [1.29, 1.82) is 0 Å². The van der Waals surface area contributed by atoms with E-state index in [0.717, 1.165) is 5.56 Å². The normalized spacial score (nSPS) is 11.5. The summed E-state index contributed by atoms with van der Waals surface area (Å²) < 4.78 is 12.6. The van der Waals surface area contributed by atoms with Gasteiger partial charge in [-0.3, -0.25) is 14.2 Å². The van der Waals surface area contributed by atoms with E-state index < -0.39 is 17.7 Å². The van der Waals surface area contributed by atoms with Gasteiger partial charge in [0.1, 0.15) is 25.0 Å². The fraction of sp³-hybridized carbons (Fsp3) is 0.258. The SMILES string of the molecule is [B]c1ccc2c(c1)c(C(=O)CCC(=O)O)cn2-c1nc(NCCNC(=O)OC(C)(C)C)c2cc(-c3ccco3)ccc2n1. The van der Waals surface area contributed by atoms with Crippen LogP contribution in [0.4, 0.5) is 10.6 Å². The van der Waals surface area contributed by atoms with Crippen LogP contribution >= 0.6 is 0 Å². The van der Waals surface area contributed by atoms with E-state index in [4.69, 9.17) is 32.1 Å². The number of furan rings is 1. The van der Waals surface area contributed by atoms with Crippen molar-refractivity contribution in [1.82, 2.24) is 19.9 Å². The minimum atomic E-state index is -1.06. The number of aliphatic carboxylic acids is 1. The number of amides is 1. The molecule has 12 heteroatoms. The van der Waals surface area contributed by atoms with E-state index in [9.17, 15) is 14.4 Å². The zero-order valence-electron chi connectivity index (χ0n) is 24.0. The van der Waals surface area contributed by atoms with Crippen LogP contribution in [0.25, 0.3) is 39.1 Å². The topological polar surface area (TPSA) is 149 Å². The van der Waals surface area contributed by atoms with Crippen molar-refractivity contribution in [3.8, 4) is 17.3 Å². The summed E-state index contributed by atoms with van der Waals surface area (Å²) in [6.45, 7) is 5.97. The molecule has 5 rings (SSSR count). The number of ether oxygens (including phenoxy) is 1. The van der Waals surface area contributed by atoms with Crippen molar-refractivity contribution in [2.75, 3.05) is 18.4 Å². The Labute approximate surface area is 248 Å². The number of Topliss-reactive ketones (excluding diaryl/α,β-unsaturated/α-hetero) is 1. The van der Waals surface area contributed by atoms with Crippen LogP contribution in [0.1, 0.15) is 44.0 Å². The third-order valence-electron chi connectivity index (χ3n) is 6.49. The lowest BCUT2D eigenvalue weighted by molar-refractivity contribution is -0.136. The van der Waals surface area contributed by atoms with E-state index in [1.165, 1.54) is 0 Å². The predicted molar refractivity (Wildman–Crippen MR) is 163 cm³/mol. The molecule has 2 radical (unpaired) electrons. The number of alkyl carbamates (subject to hydrolysis) is 1. The predicted octanol–water partition coefficient (Wildman–Crippen LogP) is 4.61. The molecule has 0 atom stereocenters. The zero-order chi connectivity index (χ0) is 30.7. The third kappa shape index (κ3) is 6.86. The molecule has 218 valence electrons. The fourth-order valence-corrected chi connectivity index (χ4v) is 4.60. The van der Waals surface area contributed by atoms with Gasteiger partial charge in [-0.2, -0.15) is 4.98 Å². The molecule has 0 bridgehead atoms. The Morgan fingerprint density at radius 3 is 2.56 bits per heavy atom. The number of aromatic nitrogens is 3. The number of ketones is 1. The van der Waals surface area contributed by atoms with E-state index in [1.807, 2.05) is 24.3 Å². The molecule has 0 unspecified atom stereocenters. The first-order valence-electron chi connectivity index (χ1n) is 13.7. The number of benzene rings is 2. The highest BCUT2D eigenvalue weighted by Gasteiger charge is 2.20. The average molecular weight is 579 g/mol. The Morgan fingerprint density at radius 1 is 1.02 bits per heavy atom. The second-order valence-corrected chi connectivity index (χ2v) is 10.9. The van der Waals surface area contributed by atoms with Crippen molar-refractivity contribution in [3.05, 3.63) is 66.6 Å². The third-order valence-corrected chi connectivity index (χ3v) is 6.49. The molecular formula is C31H30BN5O6. The lowest BCUT2D eigenvalue weighted by Gasteiger charge is -2.19. The lowest BCUT2D eigenvalue weighted by atomic mass is 9.93. The summed E-state index contributed by atoms with van der Waals surface area (Å²) in [5.41, 5.74) is 2.27. The maximum Gasteiger partial charge on any atom is 0.407 e. The molecule has 43 heavy (non-hydrogen) atoms. The first-order chi connectivity index (χ1) is 20.5. The molecule has 3 N–H and O–H groups in total. The largest absolute Gasteiger partial charge is 0.481 e. The second-order valence-electron chi connectivity index (χ2n) is 10.9. The fourth-order valence-electron chi connectivity index (χ4n) is 4.60. The quantitative estimate of drug-likeness (QED) is 0.123. The van der Waals surface area contributed by atoms with Gasteiger partial charge in [-0.25, -0.2) is 9.78 Å². The van der Waals surface area contributed by atoms with Crippen molar-refractivity contribution in [3.63, 3.8) is 0 Å². The van der Waals surface area contributed by atoms with Crippen molar-refractivity contribution >= 4 is 58.8 Å².